The van der Waals surface area contributed by atoms with Crippen molar-refractivity contribution in [3.63, 3.8) is 0 Å². The van der Waals surface area contributed by atoms with Crippen LogP contribution in [0.1, 0.15) is 0 Å². The number of rotatable bonds is 4. The first-order chi connectivity index (χ1) is 12.6. The maximum absolute atomic E-state index is 13.8. The van der Waals surface area contributed by atoms with Crippen LogP contribution in [0.4, 0.5) is 4.39 Å². The van der Waals surface area contributed by atoms with Crippen molar-refractivity contribution in [2.45, 2.75) is 5.16 Å². The summed E-state index contributed by atoms with van der Waals surface area (Å²) in [7, 11) is 0.116. The number of thiazole rings is 1. The van der Waals surface area contributed by atoms with Crippen molar-refractivity contribution in [3.05, 3.63) is 47.9 Å². The van der Waals surface area contributed by atoms with Gasteiger partial charge in [0.15, 0.2) is 16.5 Å². The summed E-state index contributed by atoms with van der Waals surface area (Å²) in [6.45, 7) is 0. The molecule has 0 saturated carbocycles. The minimum atomic E-state index is -1.30. The predicted molar refractivity (Wildman–Crippen MR) is 98.4 cm³/mol. The molecule has 0 N–H and O–H groups in total. The lowest BCUT2D eigenvalue weighted by atomic mass is 10.1. The van der Waals surface area contributed by atoms with Gasteiger partial charge in [-0.15, -0.1) is 11.3 Å². The molecule has 0 aliphatic carbocycles. The van der Waals surface area contributed by atoms with Crippen LogP contribution in [0.2, 0.25) is 0 Å². The van der Waals surface area contributed by atoms with E-state index in [0.29, 0.717) is 17.0 Å². The Kier molecular flexibility index (Phi) is 4.25. The summed E-state index contributed by atoms with van der Waals surface area (Å²) in [4.78, 5) is 13.9. The van der Waals surface area contributed by atoms with E-state index < -0.39 is 16.6 Å². The van der Waals surface area contributed by atoms with Crippen molar-refractivity contribution in [2.75, 3.05) is 13.4 Å². The molecule has 0 amide bonds. The Hall–Kier alpha value is -2.65. The summed E-state index contributed by atoms with van der Waals surface area (Å²) in [5, 5.41) is 2.16. The Morgan fingerprint density at radius 1 is 1.27 bits per heavy atom. The van der Waals surface area contributed by atoms with Gasteiger partial charge in [-0.3, -0.25) is 8.61 Å². The van der Waals surface area contributed by atoms with Crippen LogP contribution in [0.3, 0.4) is 0 Å². The summed E-state index contributed by atoms with van der Waals surface area (Å²) in [5.74, 6) is -0.299. The van der Waals surface area contributed by atoms with Crippen molar-refractivity contribution in [1.29, 1.82) is 0 Å². The van der Waals surface area contributed by atoms with Gasteiger partial charge in [-0.1, -0.05) is 0 Å². The molecule has 3 aromatic heterocycles. The van der Waals surface area contributed by atoms with E-state index in [9.17, 15) is 8.60 Å². The summed E-state index contributed by atoms with van der Waals surface area (Å²) in [5.41, 5.74) is 2.66. The number of aromatic nitrogens is 4. The summed E-state index contributed by atoms with van der Waals surface area (Å²) < 4.78 is 32.5. The molecule has 0 fully saturated rings. The van der Waals surface area contributed by atoms with Gasteiger partial charge in [0.1, 0.15) is 5.69 Å². The molecule has 9 heteroatoms. The van der Waals surface area contributed by atoms with Gasteiger partial charge < -0.3 is 4.74 Å². The highest BCUT2D eigenvalue weighted by molar-refractivity contribution is 7.84. The molecule has 0 bridgehead atoms. The average molecular weight is 388 g/mol. The van der Waals surface area contributed by atoms with Crippen molar-refractivity contribution >= 4 is 27.1 Å². The second kappa shape index (κ2) is 6.58. The van der Waals surface area contributed by atoms with Crippen LogP contribution < -0.4 is 4.74 Å². The Labute approximate surface area is 154 Å². The number of methoxy groups -OCH3 is 1. The van der Waals surface area contributed by atoms with E-state index in [0.717, 1.165) is 10.7 Å². The number of ether oxygens (including phenoxy) is 1. The molecule has 0 spiro atoms. The number of nitrogens with zero attached hydrogens (tertiary/aromatic N) is 4. The van der Waals surface area contributed by atoms with E-state index in [2.05, 4.69) is 15.0 Å². The second-order valence-corrected chi connectivity index (χ2v) is 7.54. The zero-order valence-electron chi connectivity index (χ0n) is 13.8. The molecule has 4 aromatic rings. The third-order valence-electron chi connectivity index (χ3n) is 3.82. The topological polar surface area (TPSA) is 69.4 Å². The highest BCUT2D eigenvalue weighted by Crippen LogP contribution is 2.35. The highest BCUT2D eigenvalue weighted by Gasteiger charge is 2.20. The monoisotopic (exact) mass is 388 g/mol. The fraction of sp³-hybridized carbons (Fsp3) is 0.118. The van der Waals surface area contributed by atoms with Crippen molar-refractivity contribution in [3.8, 4) is 28.4 Å². The van der Waals surface area contributed by atoms with E-state index in [1.807, 2.05) is 16.0 Å². The molecular weight excluding hydrogens is 375 g/mol. The molecule has 3 heterocycles. The molecule has 26 heavy (non-hydrogen) atoms. The smallest absolute Gasteiger partial charge is 0.218 e. The van der Waals surface area contributed by atoms with Crippen molar-refractivity contribution in [2.24, 2.45) is 0 Å². The Balaban J connectivity index is 1.98. The number of imidazole rings is 1. The van der Waals surface area contributed by atoms with Gasteiger partial charge in [-0.25, -0.2) is 19.3 Å². The zero-order valence-corrected chi connectivity index (χ0v) is 15.5. The Morgan fingerprint density at radius 3 is 2.88 bits per heavy atom. The normalized spacial score (nSPS) is 12.4. The van der Waals surface area contributed by atoms with Crippen LogP contribution in [-0.4, -0.2) is 36.9 Å². The zero-order chi connectivity index (χ0) is 18.3. The summed E-state index contributed by atoms with van der Waals surface area (Å²) in [6.07, 6.45) is 4.98. The van der Waals surface area contributed by atoms with Gasteiger partial charge in [-0.2, -0.15) is 0 Å². The van der Waals surface area contributed by atoms with Crippen LogP contribution >= 0.6 is 11.3 Å². The SMILES string of the molecule is COc1cc(-c2nc3sccn3c2-c2ccnc(S(C)=O)n2)ccc1F. The van der Waals surface area contributed by atoms with Crippen LogP contribution in [-0.2, 0) is 10.8 Å². The lowest BCUT2D eigenvalue weighted by Gasteiger charge is -2.07. The molecule has 1 unspecified atom stereocenters. The predicted octanol–water partition coefficient (Wildman–Crippen LogP) is 3.40. The minimum Gasteiger partial charge on any atom is -0.494 e. The van der Waals surface area contributed by atoms with Gasteiger partial charge >= 0.3 is 0 Å². The number of hydrogen-bond donors (Lipinski definition) is 0. The molecule has 6 nitrogen and oxygen atoms in total. The third kappa shape index (κ3) is 2.78. The molecule has 0 radical (unpaired) electrons. The minimum absolute atomic E-state index is 0.142. The molecule has 0 aliphatic heterocycles. The third-order valence-corrected chi connectivity index (χ3v) is 5.29. The molecule has 1 aromatic carbocycles. The molecule has 4 rings (SSSR count). The van der Waals surface area contributed by atoms with Crippen LogP contribution in [0.15, 0.2) is 47.2 Å². The number of fused-ring (bicyclic) bond motifs is 1. The first kappa shape index (κ1) is 16.8. The Morgan fingerprint density at radius 2 is 2.12 bits per heavy atom. The van der Waals surface area contributed by atoms with Gasteiger partial charge in [0.2, 0.25) is 5.16 Å². The largest absolute Gasteiger partial charge is 0.494 e. The maximum Gasteiger partial charge on any atom is 0.218 e. The number of benzene rings is 1. The van der Waals surface area contributed by atoms with Gasteiger partial charge in [0, 0.05) is 29.6 Å². The van der Waals surface area contributed by atoms with E-state index in [1.54, 1.807) is 24.4 Å². The van der Waals surface area contributed by atoms with Crippen LogP contribution in [0.25, 0.3) is 27.6 Å². The first-order valence-electron chi connectivity index (χ1n) is 7.55. The van der Waals surface area contributed by atoms with Crippen molar-refractivity contribution < 1.29 is 13.3 Å². The number of hydrogen-bond acceptors (Lipinski definition) is 6. The van der Waals surface area contributed by atoms with Crippen LogP contribution in [0, 0.1) is 5.82 Å². The standard InChI is InChI=1S/C17H13FN4O2S2/c1-24-13-9-10(3-4-11(13)18)14-15(22-7-8-25-17(22)21-14)12-5-6-19-16(20-12)26(2)23/h3-9H,1-2H3. The first-order valence-corrected chi connectivity index (χ1v) is 9.98. The average Bonchev–Trinajstić information content (AvgIpc) is 3.23. The highest BCUT2D eigenvalue weighted by atomic mass is 32.2. The van der Waals surface area contributed by atoms with E-state index in [1.165, 1.54) is 30.8 Å². The van der Waals surface area contributed by atoms with Crippen LogP contribution in [0.5, 0.6) is 5.75 Å². The quantitative estimate of drug-likeness (QED) is 0.501. The molecule has 0 saturated heterocycles. The van der Waals surface area contributed by atoms with Gasteiger partial charge in [0.05, 0.1) is 29.3 Å². The van der Waals surface area contributed by atoms with Crippen molar-refractivity contribution in [1.82, 2.24) is 19.4 Å². The maximum atomic E-state index is 13.8. The molecular formula is C17H13FN4O2S2. The molecule has 0 aliphatic rings. The lowest BCUT2D eigenvalue weighted by Crippen LogP contribution is -1.99. The van der Waals surface area contributed by atoms with E-state index in [4.69, 9.17) is 4.74 Å². The Bertz CT molecular complexity index is 1140. The second-order valence-electron chi connectivity index (χ2n) is 5.39. The fourth-order valence-electron chi connectivity index (χ4n) is 2.65. The fourth-order valence-corrected chi connectivity index (χ4v) is 3.80. The number of halogens is 1. The molecule has 1 atom stereocenters. The van der Waals surface area contributed by atoms with Gasteiger partial charge in [0.25, 0.3) is 0 Å². The summed E-state index contributed by atoms with van der Waals surface area (Å²) >= 11 is 1.48. The molecule has 132 valence electrons. The van der Waals surface area contributed by atoms with E-state index in [-0.39, 0.29) is 10.9 Å². The summed E-state index contributed by atoms with van der Waals surface area (Å²) in [6, 6.07) is 6.33. The van der Waals surface area contributed by atoms with Gasteiger partial charge in [-0.05, 0) is 24.3 Å². The lowest BCUT2D eigenvalue weighted by molar-refractivity contribution is 0.387. The van der Waals surface area contributed by atoms with E-state index >= 15 is 0 Å².